The van der Waals surface area contributed by atoms with Crippen molar-refractivity contribution < 1.29 is 4.79 Å². The summed E-state index contributed by atoms with van der Waals surface area (Å²) in [5.41, 5.74) is -1.12. The number of carbonyl (C=O) groups is 1. The molecule has 0 saturated heterocycles. The number of nitrogens with zero attached hydrogens (tertiary/aromatic N) is 1. The lowest BCUT2D eigenvalue weighted by molar-refractivity contribution is -0.130. The zero-order valence-electron chi connectivity index (χ0n) is 8.06. The Kier molecular flexibility index (Phi) is 2.68. The highest BCUT2D eigenvalue weighted by Crippen LogP contribution is 2.47. The van der Waals surface area contributed by atoms with Crippen molar-refractivity contribution in [2.45, 2.75) is 33.1 Å². The lowest BCUT2D eigenvalue weighted by Crippen LogP contribution is -2.31. The minimum Gasteiger partial charge on any atom is -0.297 e. The molecule has 0 aromatic carbocycles. The summed E-state index contributed by atoms with van der Waals surface area (Å²) >= 11 is 5.60. The molecule has 1 fully saturated rings. The van der Waals surface area contributed by atoms with Crippen LogP contribution in [-0.2, 0) is 4.79 Å². The van der Waals surface area contributed by atoms with Crippen LogP contribution in [0.4, 0.5) is 0 Å². The van der Waals surface area contributed by atoms with Crippen LogP contribution in [0, 0.1) is 22.2 Å². The van der Waals surface area contributed by atoms with Crippen LogP contribution in [-0.4, -0.2) is 11.7 Å². The Morgan fingerprint density at radius 1 is 1.54 bits per heavy atom. The second-order valence-electron chi connectivity index (χ2n) is 4.35. The Bertz CT molecular complexity index is 267. The lowest BCUT2D eigenvalue weighted by Gasteiger charge is -2.20. The molecule has 0 aromatic heterocycles. The molecule has 13 heavy (non-hydrogen) atoms. The maximum atomic E-state index is 11.9. The molecule has 1 unspecified atom stereocenters. The zero-order valence-corrected chi connectivity index (χ0v) is 8.82. The van der Waals surface area contributed by atoms with Crippen LogP contribution < -0.4 is 0 Å². The van der Waals surface area contributed by atoms with E-state index in [2.05, 4.69) is 6.07 Å². The number of alkyl halides is 1. The number of hydrogen-bond donors (Lipinski definition) is 0. The molecule has 0 aromatic rings. The SMILES string of the molecule is CC1(C)CCC(C#N)(CCCl)C1=O. The molecule has 0 N–H and O–H groups in total. The molecule has 1 rings (SSSR count). The summed E-state index contributed by atoms with van der Waals surface area (Å²) in [6, 6.07) is 2.15. The minimum absolute atomic E-state index is 0.0724. The van der Waals surface area contributed by atoms with Gasteiger partial charge in [0.2, 0.25) is 0 Å². The van der Waals surface area contributed by atoms with Crippen LogP contribution >= 0.6 is 11.6 Å². The van der Waals surface area contributed by atoms with E-state index in [1.54, 1.807) is 0 Å². The second kappa shape index (κ2) is 3.31. The van der Waals surface area contributed by atoms with Crippen LogP contribution in [0.3, 0.4) is 0 Å². The standard InChI is InChI=1S/C10H14ClNO/c1-9(2)3-4-10(7-12,5-6-11)8(9)13/h3-6H2,1-2H3. The van der Waals surface area contributed by atoms with Crippen molar-refractivity contribution in [3.8, 4) is 6.07 Å². The van der Waals surface area contributed by atoms with Crippen molar-refractivity contribution in [3.63, 3.8) is 0 Å². The first-order valence-electron chi connectivity index (χ1n) is 4.51. The van der Waals surface area contributed by atoms with Gasteiger partial charge in [0.15, 0.2) is 5.78 Å². The maximum absolute atomic E-state index is 11.9. The molecule has 1 aliphatic carbocycles. The topological polar surface area (TPSA) is 40.9 Å². The van der Waals surface area contributed by atoms with Crippen LogP contribution in [0.25, 0.3) is 0 Å². The molecule has 1 atom stereocenters. The quantitative estimate of drug-likeness (QED) is 0.642. The number of Topliss-reactive ketones (excluding diaryl/α,β-unsaturated/α-hetero) is 1. The van der Waals surface area contributed by atoms with Gasteiger partial charge in [-0.1, -0.05) is 13.8 Å². The Morgan fingerprint density at radius 3 is 2.46 bits per heavy atom. The van der Waals surface area contributed by atoms with E-state index in [0.717, 1.165) is 6.42 Å². The van der Waals surface area contributed by atoms with Gasteiger partial charge in [0.05, 0.1) is 6.07 Å². The molecule has 0 spiro atoms. The molecule has 0 radical (unpaired) electrons. The summed E-state index contributed by atoms with van der Waals surface area (Å²) in [5.74, 6) is 0.457. The van der Waals surface area contributed by atoms with Crippen molar-refractivity contribution in [1.82, 2.24) is 0 Å². The lowest BCUT2D eigenvalue weighted by atomic mass is 9.79. The van der Waals surface area contributed by atoms with Gasteiger partial charge in [-0.3, -0.25) is 4.79 Å². The summed E-state index contributed by atoms with van der Waals surface area (Å²) in [5, 5.41) is 9.02. The van der Waals surface area contributed by atoms with Crippen LogP contribution in [0.15, 0.2) is 0 Å². The van der Waals surface area contributed by atoms with E-state index < -0.39 is 5.41 Å². The highest BCUT2D eigenvalue weighted by Gasteiger charge is 2.51. The summed E-state index contributed by atoms with van der Waals surface area (Å²) in [4.78, 5) is 11.9. The van der Waals surface area contributed by atoms with Crippen molar-refractivity contribution >= 4 is 17.4 Å². The van der Waals surface area contributed by atoms with Gasteiger partial charge in [-0.15, -0.1) is 11.6 Å². The Hall–Kier alpha value is -0.550. The summed E-state index contributed by atoms with van der Waals surface area (Å²) in [7, 11) is 0. The molecule has 0 bridgehead atoms. The monoisotopic (exact) mass is 199 g/mol. The number of nitriles is 1. The molecule has 0 aliphatic heterocycles. The first kappa shape index (κ1) is 10.5. The van der Waals surface area contributed by atoms with Gasteiger partial charge >= 0.3 is 0 Å². The molecule has 0 heterocycles. The van der Waals surface area contributed by atoms with E-state index in [1.165, 1.54) is 0 Å². The fourth-order valence-electron chi connectivity index (χ4n) is 1.96. The van der Waals surface area contributed by atoms with Crippen molar-refractivity contribution in [1.29, 1.82) is 5.26 Å². The number of halogens is 1. The Balaban J connectivity index is 2.94. The fourth-order valence-corrected chi connectivity index (χ4v) is 2.29. The molecule has 1 aliphatic rings. The van der Waals surface area contributed by atoms with Gasteiger partial charge < -0.3 is 0 Å². The second-order valence-corrected chi connectivity index (χ2v) is 4.72. The first-order valence-corrected chi connectivity index (χ1v) is 5.04. The summed E-state index contributed by atoms with van der Waals surface area (Å²) in [6.45, 7) is 3.81. The molecular formula is C10H14ClNO. The number of rotatable bonds is 2. The van der Waals surface area contributed by atoms with E-state index in [4.69, 9.17) is 16.9 Å². The summed E-state index contributed by atoms with van der Waals surface area (Å²) in [6.07, 6.45) is 1.96. The largest absolute Gasteiger partial charge is 0.297 e. The highest BCUT2D eigenvalue weighted by atomic mass is 35.5. The van der Waals surface area contributed by atoms with Crippen LogP contribution in [0.1, 0.15) is 33.1 Å². The van der Waals surface area contributed by atoms with Gasteiger partial charge in [0, 0.05) is 11.3 Å². The molecular weight excluding hydrogens is 186 g/mol. The molecule has 0 amide bonds. The van der Waals surface area contributed by atoms with Crippen LogP contribution in [0.5, 0.6) is 0 Å². The highest BCUT2D eigenvalue weighted by molar-refractivity contribution is 6.18. The molecule has 72 valence electrons. The maximum Gasteiger partial charge on any atom is 0.158 e. The van der Waals surface area contributed by atoms with Gasteiger partial charge in [0.25, 0.3) is 0 Å². The zero-order chi connectivity index (χ0) is 10.1. The van der Waals surface area contributed by atoms with E-state index >= 15 is 0 Å². The smallest absolute Gasteiger partial charge is 0.158 e. The molecule has 3 heteroatoms. The molecule has 2 nitrogen and oxygen atoms in total. The summed E-state index contributed by atoms with van der Waals surface area (Å²) < 4.78 is 0. The van der Waals surface area contributed by atoms with E-state index in [9.17, 15) is 4.79 Å². The molecule has 1 saturated carbocycles. The normalized spacial score (nSPS) is 31.7. The Morgan fingerprint density at radius 2 is 2.15 bits per heavy atom. The third-order valence-corrected chi connectivity index (χ3v) is 3.15. The van der Waals surface area contributed by atoms with Crippen molar-refractivity contribution in [2.24, 2.45) is 10.8 Å². The Labute approximate surface area is 83.9 Å². The minimum atomic E-state index is -0.786. The van der Waals surface area contributed by atoms with E-state index in [1.807, 2.05) is 13.8 Å². The van der Waals surface area contributed by atoms with Gasteiger partial charge in [-0.2, -0.15) is 5.26 Å². The number of ketones is 1. The fraction of sp³-hybridized carbons (Fsp3) is 0.800. The third kappa shape index (κ3) is 1.58. The predicted molar refractivity (Wildman–Crippen MR) is 51.4 cm³/mol. The average molecular weight is 200 g/mol. The van der Waals surface area contributed by atoms with E-state index in [-0.39, 0.29) is 11.2 Å². The first-order chi connectivity index (χ1) is 5.98. The third-order valence-electron chi connectivity index (χ3n) is 2.96. The van der Waals surface area contributed by atoms with Crippen LogP contribution in [0.2, 0.25) is 0 Å². The van der Waals surface area contributed by atoms with Gasteiger partial charge in [-0.25, -0.2) is 0 Å². The predicted octanol–water partition coefficient (Wildman–Crippen LogP) is 2.51. The van der Waals surface area contributed by atoms with Gasteiger partial charge in [-0.05, 0) is 19.3 Å². The van der Waals surface area contributed by atoms with Crippen molar-refractivity contribution in [2.75, 3.05) is 5.88 Å². The van der Waals surface area contributed by atoms with Crippen molar-refractivity contribution in [3.05, 3.63) is 0 Å². The van der Waals surface area contributed by atoms with E-state index in [0.29, 0.717) is 18.7 Å². The van der Waals surface area contributed by atoms with Gasteiger partial charge in [0.1, 0.15) is 5.41 Å². The number of carbonyl (C=O) groups excluding carboxylic acids is 1. The average Bonchev–Trinajstić information content (AvgIpc) is 2.31. The number of hydrogen-bond acceptors (Lipinski definition) is 2.